The number of carbonyl (C=O) groups is 2. The number of hydrogen-bond donors (Lipinski definition) is 1. The standard InChI is InChI=1S/C20H18O6/c1-24-16-6-7-18-17(11-16)20(23)14(12-26-18)10-13-2-4-15(5-3-13)25-9-8-19(21)22/h2-7,10-11H,8-9,12H2,1H3,(H,21,22). The fraction of sp³-hybridized carbons (Fsp3) is 0.200. The normalized spacial score (nSPS) is 14.5. The molecule has 1 heterocycles. The molecule has 0 saturated carbocycles. The molecule has 0 radical (unpaired) electrons. The van der Waals surface area contributed by atoms with Crippen molar-refractivity contribution in [3.63, 3.8) is 0 Å². The Morgan fingerprint density at radius 3 is 2.62 bits per heavy atom. The fourth-order valence-corrected chi connectivity index (χ4v) is 2.56. The van der Waals surface area contributed by atoms with E-state index >= 15 is 0 Å². The molecule has 6 nitrogen and oxygen atoms in total. The predicted octanol–water partition coefficient (Wildman–Crippen LogP) is 3.21. The van der Waals surface area contributed by atoms with Crippen molar-refractivity contribution in [2.75, 3.05) is 20.3 Å². The second-order valence-corrected chi connectivity index (χ2v) is 5.71. The first kappa shape index (κ1) is 17.5. The number of ketones is 1. The number of aliphatic carboxylic acids is 1. The minimum Gasteiger partial charge on any atom is -0.497 e. The number of benzene rings is 2. The molecule has 0 atom stereocenters. The Labute approximate surface area is 150 Å². The van der Waals surface area contributed by atoms with E-state index in [2.05, 4.69) is 0 Å². The van der Waals surface area contributed by atoms with Gasteiger partial charge in [0, 0.05) is 5.57 Å². The molecule has 1 aliphatic heterocycles. The van der Waals surface area contributed by atoms with E-state index in [9.17, 15) is 9.59 Å². The lowest BCUT2D eigenvalue weighted by molar-refractivity contribution is -0.137. The topological polar surface area (TPSA) is 82.1 Å². The van der Waals surface area contributed by atoms with Crippen molar-refractivity contribution in [1.82, 2.24) is 0 Å². The Balaban J connectivity index is 1.73. The number of carboxylic acids is 1. The van der Waals surface area contributed by atoms with Gasteiger partial charge in [-0.05, 0) is 42.0 Å². The zero-order valence-corrected chi connectivity index (χ0v) is 14.2. The van der Waals surface area contributed by atoms with Crippen molar-refractivity contribution in [2.24, 2.45) is 0 Å². The number of hydrogen-bond acceptors (Lipinski definition) is 5. The van der Waals surface area contributed by atoms with E-state index in [1.807, 2.05) is 0 Å². The highest BCUT2D eigenvalue weighted by Gasteiger charge is 2.23. The molecule has 0 spiro atoms. The van der Waals surface area contributed by atoms with Crippen LogP contribution in [0.2, 0.25) is 0 Å². The van der Waals surface area contributed by atoms with Crippen LogP contribution in [0.4, 0.5) is 0 Å². The zero-order chi connectivity index (χ0) is 18.5. The van der Waals surface area contributed by atoms with Gasteiger partial charge in [-0.1, -0.05) is 12.1 Å². The van der Waals surface area contributed by atoms with Crippen LogP contribution in [0.1, 0.15) is 22.3 Å². The highest BCUT2D eigenvalue weighted by molar-refractivity contribution is 6.14. The van der Waals surface area contributed by atoms with E-state index < -0.39 is 5.97 Å². The number of fused-ring (bicyclic) bond motifs is 1. The van der Waals surface area contributed by atoms with Crippen molar-refractivity contribution >= 4 is 17.8 Å². The molecule has 2 aromatic carbocycles. The second kappa shape index (κ2) is 7.74. The summed E-state index contributed by atoms with van der Waals surface area (Å²) < 4.78 is 16.2. The third kappa shape index (κ3) is 4.03. The molecule has 3 rings (SSSR count). The van der Waals surface area contributed by atoms with Gasteiger partial charge in [-0.3, -0.25) is 9.59 Å². The summed E-state index contributed by atoms with van der Waals surface area (Å²) in [5, 5.41) is 8.61. The minimum absolute atomic E-state index is 0.0550. The summed E-state index contributed by atoms with van der Waals surface area (Å²) >= 11 is 0. The Kier molecular flexibility index (Phi) is 5.22. The Bertz CT molecular complexity index is 851. The summed E-state index contributed by atoms with van der Waals surface area (Å²) in [6, 6.07) is 12.2. The molecule has 0 aromatic heterocycles. The first-order chi connectivity index (χ1) is 12.6. The van der Waals surface area contributed by atoms with Crippen LogP contribution in [0.3, 0.4) is 0 Å². The average molecular weight is 354 g/mol. The molecule has 1 N–H and O–H groups in total. The fourth-order valence-electron chi connectivity index (χ4n) is 2.56. The lowest BCUT2D eigenvalue weighted by Crippen LogP contribution is -2.19. The maximum absolute atomic E-state index is 12.7. The van der Waals surface area contributed by atoms with E-state index in [0.29, 0.717) is 28.4 Å². The van der Waals surface area contributed by atoms with Crippen LogP contribution >= 0.6 is 0 Å². The van der Waals surface area contributed by atoms with E-state index in [4.69, 9.17) is 19.3 Å². The van der Waals surface area contributed by atoms with E-state index in [1.165, 1.54) is 0 Å². The lowest BCUT2D eigenvalue weighted by Gasteiger charge is -2.19. The molecule has 26 heavy (non-hydrogen) atoms. The van der Waals surface area contributed by atoms with Gasteiger partial charge >= 0.3 is 5.97 Å². The van der Waals surface area contributed by atoms with Gasteiger partial charge in [0.05, 0.1) is 25.7 Å². The van der Waals surface area contributed by atoms with E-state index in [1.54, 1.807) is 55.7 Å². The maximum Gasteiger partial charge on any atom is 0.306 e. The Hall–Kier alpha value is -3.28. The number of ether oxygens (including phenoxy) is 3. The molecular weight excluding hydrogens is 336 g/mol. The van der Waals surface area contributed by atoms with Crippen LogP contribution in [-0.4, -0.2) is 37.2 Å². The van der Waals surface area contributed by atoms with Gasteiger partial charge in [0.1, 0.15) is 23.9 Å². The van der Waals surface area contributed by atoms with Crippen molar-refractivity contribution in [3.05, 3.63) is 59.2 Å². The third-order valence-electron chi connectivity index (χ3n) is 3.91. The molecule has 0 fully saturated rings. The predicted molar refractivity (Wildman–Crippen MR) is 95.0 cm³/mol. The Morgan fingerprint density at radius 2 is 1.92 bits per heavy atom. The van der Waals surface area contributed by atoms with Crippen LogP contribution in [0, 0.1) is 0 Å². The van der Waals surface area contributed by atoms with Crippen molar-refractivity contribution in [1.29, 1.82) is 0 Å². The van der Waals surface area contributed by atoms with Crippen LogP contribution in [0.25, 0.3) is 6.08 Å². The molecule has 134 valence electrons. The summed E-state index contributed by atoms with van der Waals surface area (Å²) in [7, 11) is 1.55. The van der Waals surface area contributed by atoms with Gasteiger partial charge in [0.2, 0.25) is 0 Å². The number of methoxy groups -OCH3 is 1. The van der Waals surface area contributed by atoms with Gasteiger partial charge in [-0.25, -0.2) is 0 Å². The average Bonchev–Trinajstić information content (AvgIpc) is 2.65. The molecule has 0 bridgehead atoms. The molecular formula is C20H18O6. The lowest BCUT2D eigenvalue weighted by atomic mass is 9.98. The van der Waals surface area contributed by atoms with Crippen LogP contribution in [0.5, 0.6) is 17.2 Å². The number of carbonyl (C=O) groups excluding carboxylic acids is 1. The van der Waals surface area contributed by atoms with Crippen LogP contribution in [-0.2, 0) is 4.79 Å². The molecule has 0 unspecified atom stereocenters. The van der Waals surface area contributed by atoms with Crippen LogP contribution < -0.4 is 14.2 Å². The van der Waals surface area contributed by atoms with Gasteiger partial charge in [0.25, 0.3) is 0 Å². The monoisotopic (exact) mass is 354 g/mol. The van der Waals surface area contributed by atoms with Gasteiger partial charge in [-0.15, -0.1) is 0 Å². The van der Waals surface area contributed by atoms with E-state index in [-0.39, 0.29) is 25.4 Å². The largest absolute Gasteiger partial charge is 0.497 e. The molecule has 0 aliphatic carbocycles. The number of Topliss-reactive ketones (excluding diaryl/α,β-unsaturated/α-hetero) is 1. The van der Waals surface area contributed by atoms with Crippen molar-refractivity contribution < 1.29 is 28.9 Å². The molecule has 1 aliphatic rings. The van der Waals surface area contributed by atoms with Gasteiger partial charge in [-0.2, -0.15) is 0 Å². The number of rotatable bonds is 6. The second-order valence-electron chi connectivity index (χ2n) is 5.71. The summed E-state index contributed by atoms with van der Waals surface area (Å²) in [4.78, 5) is 23.2. The molecule has 6 heteroatoms. The SMILES string of the molecule is COc1ccc2c(c1)C(=O)C(=Cc1ccc(OCCC(=O)O)cc1)CO2. The highest BCUT2D eigenvalue weighted by Crippen LogP contribution is 2.31. The smallest absolute Gasteiger partial charge is 0.306 e. The quantitative estimate of drug-likeness (QED) is 0.802. The summed E-state index contributed by atoms with van der Waals surface area (Å²) in [5.41, 5.74) is 1.86. The van der Waals surface area contributed by atoms with Gasteiger partial charge in [0.15, 0.2) is 5.78 Å². The molecule has 0 amide bonds. The van der Waals surface area contributed by atoms with Crippen molar-refractivity contribution in [3.8, 4) is 17.2 Å². The van der Waals surface area contributed by atoms with Gasteiger partial charge < -0.3 is 19.3 Å². The Morgan fingerprint density at radius 1 is 1.19 bits per heavy atom. The first-order valence-electron chi connectivity index (χ1n) is 8.07. The third-order valence-corrected chi connectivity index (χ3v) is 3.91. The summed E-state index contributed by atoms with van der Waals surface area (Å²) in [6.07, 6.45) is 1.71. The number of carboxylic acid groups (broad SMARTS) is 1. The zero-order valence-electron chi connectivity index (χ0n) is 14.2. The van der Waals surface area contributed by atoms with Crippen LogP contribution in [0.15, 0.2) is 48.0 Å². The first-order valence-corrected chi connectivity index (χ1v) is 8.07. The van der Waals surface area contributed by atoms with Crippen molar-refractivity contribution in [2.45, 2.75) is 6.42 Å². The summed E-state index contributed by atoms with van der Waals surface area (Å²) in [5.74, 6) is 0.737. The highest BCUT2D eigenvalue weighted by atomic mass is 16.5. The van der Waals surface area contributed by atoms with E-state index in [0.717, 1.165) is 5.56 Å². The molecule has 2 aromatic rings. The molecule has 0 saturated heterocycles. The minimum atomic E-state index is -0.904. The maximum atomic E-state index is 12.7. The summed E-state index contributed by atoms with van der Waals surface area (Å²) in [6.45, 7) is 0.315.